The second-order valence-electron chi connectivity index (χ2n) is 8.84. The molecule has 3 aliphatic rings. The Labute approximate surface area is 166 Å². The van der Waals surface area contributed by atoms with Gasteiger partial charge in [0.2, 0.25) is 11.8 Å². The van der Waals surface area contributed by atoms with E-state index in [2.05, 4.69) is 48.0 Å². The maximum absolute atomic E-state index is 5.92. The average molecular weight is 383 g/mol. The van der Waals surface area contributed by atoms with Gasteiger partial charge in [0, 0.05) is 23.9 Å². The van der Waals surface area contributed by atoms with E-state index in [0.717, 1.165) is 23.9 Å². The third-order valence-electron chi connectivity index (χ3n) is 6.66. The molecular weight excluding hydrogens is 354 g/mol. The van der Waals surface area contributed by atoms with Crippen molar-refractivity contribution in [3.63, 3.8) is 0 Å². The van der Waals surface area contributed by atoms with Crippen molar-refractivity contribution in [2.24, 2.45) is 0 Å². The van der Waals surface area contributed by atoms with Crippen molar-refractivity contribution < 1.29 is 13.9 Å². The van der Waals surface area contributed by atoms with E-state index in [0.29, 0.717) is 25.6 Å². The van der Waals surface area contributed by atoms with E-state index in [1.165, 1.54) is 36.8 Å². The summed E-state index contributed by atoms with van der Waals surface area (Å²) in [4.78, 5) is 2.50. The van der Waals surface area contributed by atoms with Crippen molar-refractivity contribution in [1.29, 1.82) is 0 Å². The van der Waals surface area contributed by atoms with Crippen LogP contribution >= 0.6 is 0 Å². The molecule has 0 radical (unpaired) electrons. The molecule has 1 aromatic heterocycles. The molecule has 1 saturated carbocycles. The van der Waals surface area contributed by atoms with Crippen LogP contribution in [0.4, 0.5) is 0 Å². The quantitative estimate of drug-likeness (QED) is 0.785. The molecule has 1 unspecified atom stereocenters. The predicted molar refractivity (Wildman–Crippen MR) is 105 cm³/mol. The summed E-state index contributed by atoms with van der Waals surface area (Å²) in [5.41, 5.74) is 3.02. The Bertz CT molecular complexity index is 870. The first kappa shape index (κ1) is 18.0. The Balaban J connectivity index is 1.51. The van der Waals surface area contributed by atoms with Gasteiger partial charge in [-0.05, 0) is 43.0 Å². The van der Waals surface area contributed by atoms with E-state index in [1.54, 1.807) is 0 Å². The second-order valence-corrected chi connectivity index (χ2v) is 8.84. The standard InChI is InChI=1S/C22H29N3O3/c1-14(2)21-24-23-20(28-21)12-25-13-22(6-4-5-7-22)17-11-19-18(26-8-9-27-19)10-16(17)15(25)3/h10-11,14-15H,4-9,12-13H2,1-3H3. The lowest BCUT2D eigenvalue weighted by Crippen LogP contribution is -2.45. The van der Waals surface area contributed by atoms with E-state index >= 15 is 0 Å². The van der Waals surface area contributed by atoms with Crippen LogP contribution in [0.5, 0.6) is 11.5 Å². The number of rotatable bonds is 3. The molecule has 6 heteroatoms. The summed E-state index contributed by atoms with van der Waals surface area (Å²) in [6.45, 7) is 9.41. The topological polar surface area (TPSA) is 60.6 Å². The van der Waals surface area contributed by atoms with Gasteiger partial charge in [0.25, 0.3) is 0 Å². The lowest BCUT2D eigenvalue weighted by atomic mass is 9.71. The van der Waals surface area contributed by atoms with Crippen molar-refractivity contribution >= 4 is 0 Å². The molecule has 1 spiro atoms. The molecule has 2 aliphatic heterocycles. The first-order valence-corrected chi connectivity index (χ1v) is 10.6. The summed E-state index contributed by atoms with van der Waals surface area (Å²) < 4.78 is 17.7. The van der Waals surface area contributed by atoms with Gasteiger partial charge in [-0.1, -0.05) is 26.7 Å². The Morgan fingerprint density at radius 2 is 1.82 bits per heavy atom. The highest BCUT2D eigenvalue weighted by Crippen LogP contribution is 2.52. The van der Waals surface area contributed by atoms with E-state index in [-0.39, 0.29) is 17.4 Å². The molecule has 0 amide bonds. The number of hydrogen-bond donors (Lipinski definition) is 0. The third kappa shape index (κ3) is 2.89. The molecule has 1 fully saturated rings. The van der Waals surface area contributed by atoms with Gasteiger partial charge < -0.3 is 13.9 Å². The molecule has 2 aromatic rings. The minimum Gasteiger partial charge on any atom is -0.486 e. The van der Waals surface area contributed by atoms with Gasteiger partial charge in [-0.3, -0.25) is 4.90 Å². The van der Waals surface area contributed by atoms with Gasteiger partial charge in [0.1, 0.15) is 13.2 Å². The fourth-order valence-electron chi connectivity index (χ4n) is 5.13. The van der Waals surface area contributed by atoms with Crippen molar-refractivity contribution in [3.05, 3.63) is 35.0 Å². The Morgan fingerprint density at radius 3 is 2.50 bits per heavy atom. The summed E-state index contributed by atoms with van der Waals surface area (Å²) in [7, 11) is 0. The molecule has 3 heterocycles. The molecule has 150 valence electrons. The van der Waals surface area contributed by atoms with Gasteiger partial charge in [-0.25, -0.2) is 0 Å². The maximum atomic E-state index is 5.92. The first-order chi connectivity index (χ1) is 13.6. The Kier molecular flexibility index (Phi) is 4.34. The summed E-state index contributed by atoms with van der Waals surface area (Å²) in [6.07, 6.45) is 5.02. The SMILES string of the molecule is CC(C)c1nnc(CN2CC3(CCCC3)c3cc4c(cc3C2C)OCCO4)o1. The summed E-state index contributed by atoms with van der Waals surface area (Å²) in [5.74, 6) is 3.48. The molecule has 28 heavy (non-hydrogen) atoms. The van der Waals surface area contributed by atoms with Crippen LogP contribution in [-0.4, -0.2) is 34.9 Å². The fourth-order valence-corrected chi connectivity index (χ4v) is 5.13. The van der Waals surface area contributed by atoms with Gasteiger partial charge >= 0.3 is 0 Å². The summed E-state index contributed by atoms with van der Waals surface area (Å²) in [6, 6.07) is 4.76. The molecule has 0 saturated heterocycles. The smallest absolute Gasteiger partial charge is 0.230 e. The van der Waals surface area contributed by atoms with Gasteiger partial charge in [-0.15, -0.1) is 10.2 Å². The highest BCUT2D eigenvalue weighted by molar-refractivity contribution is 5.53. The summed E-state index contributed by atoms with van der Waals surface area (Å²) in [5, 5.41) is 8.52. The number of ether oxygens (including phenoxy) is 2. The van der Waals surface area contributed by atoms with Crippen molar-refractivity contribution in [2.75, 3.05) is 19.8 Å². The number of aromatic nitrogens is 2. The Morgan fingerprint density at radius 1 is 1.11 bits per heavy atom. The zero-order valence-electron chi connectivity index (χ0n) is 17.0. The van der Waals surface area contributed by atoms with E-state index in [1.807, 2.05) is 0 Å². The largest absolute Gasteiger partial charge is 0.486 e. The number of nitrogens with zero attached hydrogens (tertiary/aromatic N) is 3. The van der Waals surface area contributed by atoms with Crippen LogP contribution < -0.4 is 9.47 Å². The van der Waals surface area contributed by atoms with Crippen LogP contribution in [0.15, 0.2) is 16.5 Å². The van der Waals surface area contributed by atoms with Crippen molar-refractivity contribution in [3.8, 4) is 11.5 Å². The molecular formula is C22H29N3O3. The number of hydrogen-bond acceptors (Lipinski definition) is 6. The maximum Gasteiger partial charge on any atom is 0.230 e. The number of fused-ring (bicyclic) bond motifs is 3. The Hall–Kier alpha value is -2.08. The van der Waals surface area contributed by atoms with Crippen molar-refractivity contribution in [1.82, 2.24) is 15.1 Å². The fraction of sp³-hybridized carbons (Fsp3) is 0.636. The zero-order chi connectivity index (χ0) is 19.3. The van der Waals surface area contributed by atoms with Crippen LogP contribution in [0.1, 0.15) is 81.3 Å². The highest BCUT2D eigenvalue weighted by atomic mass is 16.6. The van der Waals surface area contributed by atoms with Crippen LogP contribution in [0.3, 0.4) is 0 Å². The lowest BCUT2D eigenvalue weighted by molar-refractivity contribution is 0.114. The highest BCUT2D eigenvalue weighted by Gasteiger charge is 2.45. The van der Waals surface area contributed by atoms with Gasteiger partial charge in [0.15, 0.2) is 11.5 Å². The minimum absolute atomic E-state index is 0.193. The molecule has 1 aliphatic carbocycles. The third-order valence-corrected chi connectivity index (χ3v) is 6.66. The van der Waals surface area contributed by atoms with Crippen LogP contribution in [0.25, 0.3) is 0 Å². The van der Waals surface area contributed by atoms with Crippen molar-refractivity contribution in [2.45, 2.75) is 70.4 Å². The monoisotopic (exact) mass is 383 g/mol. The van der Waals surface area contributed by atoms with E-state index in [4.69, 9.17) is 13.9 Å². The summed E-state index contributed by atoms with van der Waals surface area (Å²) >= 11 is 0. The molecule has 1 aromatic carbocycles. The molecule has 0 bridgehead atoms. The van der Waals surface area contributed by atoms with Crippen LogP contribution in [0, 0.1) is 0 Å². The van der Waals surface area contributed by atoms with Crippen LogP contribution in [0.2, 0.25) is 0 Å². The van der Waals surface area contributed by atoms with E-state index in [9.17, 15) is 0 Å². The van der Waals surface area contributed by atoms with Crippen LogP contribution in [-0.2, 0) is 12.0 Å². The molecule has 0 N–H and O–H groups in total. The minimum atomic E-state index is 0.193. The van der Waals surface area contributed by atoms with E-state index < -0.39 is 0 Å². The average Bonchev–Trinajstić information content (AvgIpc) is 3.35. The first-order valence-electron chi connectivity index (χ1n) is 10.6. The predicted octanol–water partition coefficient (Wildman–Crippen LogP) is 4.35. The van der Waals surface area contributed by atoms with Gasteiger partial charge in [0.05, 0.1) is 6.54 Å². The molecule has 5 rings (SSSR count). The number of benzene rings is 1. The normalized spacial score (nSPS) is 23.4. The van der Waals surface area contributed by atoms with Gasteiger partial charge in [-0.2, -0.15) is 0 Å². The lowest BCUT2D eigenvalue weighted by Gasteiger charge is -2.46. The molecule has 6 nitrogen and oxygen atoms in total. The second kappa shape index (κ2) is 6.76. The molecule has 1 atom stereocenters. The zero-order valence-corrected chi connectivity index (χ0v) is 17.0.